The summed E-state index contributed by atoms with van der Waals surface area (Å²) in [6, 6.07) is 5.74. The first-order chi connectivity index (χ1) is 11.2. The van der Waals surface area contributed by atoms with Crippen LogP contribution in [0.5, 0.6) is 11.5 Å². The van der Waals surface area contributed by atoms with Crippen molar-refractivity contribution in [1.82, 2.24) is 4.90 Å². The highest BCUT2D eigenvalue weighted by Crippen LogP contribution is 2.35. The highest BCUT2D eigenvalue weighted by atomic mass is 32.1. The second kappa shape index (κ2) is 6.14. The molecule has 0 atom stereocenters. The van der Waals surface area contributed by atoms with Crippen molar-refractivity contribution in [3.8, 4) is 11.5 Å². The Balaban J connectivity index is 1.35. The van der Waals surface area contributed by atoms with Crippen molar-refractivity contribution in [2.24, 2.45) is 0 Å². The van der Waals surface area contributed by atoms with Crippen LogP contribution in [0.3, 0.4) is 0 Å². The summed E-state index contributed by atoms with van der Waals surface area (Å²) in [4.78, 5) is 2.16. The summed E-state index contributed by atoms with van der Waals surface area (Å²) < 4.78 is 22.4. The molecule has 7 heteroatoms. The summed E-state index contributed by atoms with van der Waals surface area (Å²) in [7, 11) is 0. The van der Waals surface area contributed by atoms with Crippen molar-refractivity contribution < 1.29 is 18.9 Å². The summed E-state index contributed by atoms with van der Waals surface area (Å²) >= 11 is 5.53. The van der Waals surface area contributed by atoms with Crippen molar-refractivity contribution in [3.05, 3.63) is 18.2 Å². The molecule has 3 aliphatic heterocycles. The Morgan fingerprint density at radius 3 is 2.61 bits per heavy atom. The van der Waals surface area contributed by atoms with Gasteiger partial charge >= 0.3 is 0 Å². The Morgan fingerprint density at radius 1 is 1.09 bits per heavy atom. The largest absolute Gasteiger partial charge is 0.454 e. The van der Waals surface area contributed by atoms with Crippen molar-refractivity contribution >= 4 is 23.0 Å². The number of nitrogens with one attached hydrogen (secondary N) is 1. The molecular weight excluding hydrogens is 316 g/mol. The molecule has 2 fully saturated rings. The standard InChI is InChI=1S/C16H20N2O4S/c23-15(17-12-2-3-13-14(10-12)20-11-19-13)18-6-4-16(5-7-18)21-8-1-9-22-16/h2-3,10H,1,4-9,11H2,(H,17,23). The van der Waals surface area contributed by atoms with E-state index in [1.54, 1.807) is 0 Å². The first kappa shape index (κ1) is 15.0. The van der Waals surface area contributed by atoms with Crippen LogP contribution in [0.25, 0.3) is 0 Å². The van der Waals surface area contributed by atoms with Gasteiger partial charge in [0.1, 0.15) is 0 Å². The van der Waals surface area contributed by atoms with E-state index in [0.717, 1.165) is 67.9 Å². The maximum Gasteiger partial charge on any atom is 0.231 e. The highest BCUT2D eigenvalue weighted by molar-refractivity contribution is 7.80. The first-order valence-electron chi connectivity index (χ1n) is 7.98. The molecule has 1 spiro atoms. The first-order valence-corrected chi connectivity index (χ1v) is 8.38. The third kappa shape index (κ3) is 3.08. The fourth-order valence-electron chi connectivity index (χ4n) is 3.13. The van der Waals surface area contributed by atoms with Crippen molar-refractivity contribution in [2.75, 3.05) is 38.4 Å². The molecule has 0 radical (unpaired) electrons. The van der Waals surface area contributed by atoms with Gasteiger partial charge in [0.25, 0.3) is 0 Å². The van der Waals surface area contributed by atoms with E-state index in [1.165, 1.54) is 0 Å². The molecule has 1 aromatic carbocycles. The van der Waals surface area contributed by atoms with Gasteiger partial charge in [0, 0.05) is 37.7 Å². The van der Waals surface area contributed by atoms with Crippen LogP contribution < -0.4 is 14.8 Å². The van der Waals surface area contributed by atoms with Gasteiger partial charge in [-0.05, 0) is 30.8 Å². The lowest BCUT2D eigenvalue weighted by molar-refractivity contribution is -0.281. The molecule has 1 N–H and O–H groups in total. The average molecular weight is 336 g/mol. The third-order valence-electron chi connectivity index (χ3n) is 4.46. The van der Waals surface area contributed by atoms with E-state index in [9.17, 15) is 0 Å². The number of hydrogen-bond acceptors (Lipinski definition) is 5. The number of fused-ring (bicyclic) bond motifs is 1. The molecule has 3 heterocycles. The van der Waals surface area contributed by atoms with Crippen molar-refractivity contribution in [2.45, 2.75) is 25.0 Å². The van der Waals surface area contributed by atoms with Crippen molar-refractivity contribution in [1.29, 1.82) is 0 Å². The van der Waals surface area contributed by atoms with Crippen LogP contribution in [-0.2, 0) is 9.47 Å². The molecule has 3 aliphatic rings. The molecule has 124 valence electrons. The summed E-state index contributed by atoms with van der Waals surface area (Å²) in [5.41, 5.74) is 0.907. The summed E-state index contributed by atoms with van der Waals surface area (Å²) in [5.74, 6) is 1.13. The number of hydrogen-bond donors (Lipinski definition) is 1. The Bertz CT molecular complexity index is 594. The predicted molar refractivity (Wildman–Crippen MR) is 88.8 cm³/mol. The number of likely N-dealkylation sites (tertiary alicyclic amines) is 1. The molecule has 4 rings (SSSR count). The molecule has 0 bridgehead atoms. The lowest BCUT2D eigenvalue weighted by atomic mass is 10.0. The Morgan fingerprint density at radius 2 is 1.83 bits per heavy atom. The summed E-state index contributed by atoms with van der Waals surface area (Å²) in [5, 5.41) is 3.99. The number of anilines is 1. The van der Waals surface area contributed by atoms with Gasteiger partial charge in [-0.15, -0.1) is 0 Å². The number of ether oxygens (including phenoxy) is 4. The Kier molecular flexibility index (Phi) is 4.00. The molecule has 0 aromatic heterocycles. The lowest BCUT2D eigenvalue weighted by Crippen LogP contribution is -2.52. The van der Waals surface area contributed by atoms with Gasteiger partial charge in [-0.3, -0.25) is 0 Å². The maximum atomic E-state index is 5.86. The number of piperidine rings is 1. The predicted octanol–water partition coefficient (Wildman–Crippen LogP) is 2.34. The third-order valence-corrected chi connectivity index (χ3v) is 4.82. The molecule has 0 aliphatic carbocycles. The minimum absolute atomic E-state index is 0.275. The number of rotatable bonds is 1. The zero-order valence-electron chi connectivity index (χ0n) is 12.9. The number of benzene rings is 1. The van der Waals surface area contributed by atoms with Crippen LogP contribution in [0.15, 0.2) is 18.2 Å². The van der Waals surface area contributed by atoms with E-state index in [1.807, 2.05) is 18.2 Å². The topological polar surface area (TPSA) is 52.2 Å². The second-order valence-corrected chi connectivity index (χ2v) is 6.33. The fraction of sp³-hybridized carbons (Fsp3) is 0.562. The maximum absolute atomic E-state index is 5.86. The SMILES string of the molecule is S=C(Nc1ccc2c(c1)OCO2)N1CCC2(CC1)OCCCO2. The van der Waals surface area contributed by atoms with Gasteiger partial charge in [0.05, 0.1) is 13.2 Å². The monoisotopic (exact) mass is 336 g/mol. The van der Waals surface area contributed by atoms with Crippen LogP contribution in [0.4, 0.5) is 5.69 Å². The zero-order chi connectivity index (χ0) is 15.7. The van der Waals surface area contributed by atoms with Gasteiger partial charge < -0.3 is 29.2 Å². The number of nitrogens with zero attached hydrogens (tertiary/aromatic N) is 1. The highest BCUT2D eigenvalue weighted by Gasteiger charge is 2.38. The van der Waals surface area contributed by atoms with E-state index in [0.29, 0.717) is 0 Å². The molecular formula is C16H20N2O4S. The van der Waals surface area contributed by atoms with Crippen LogP contribution in [0.1, 0.15) is 19.3 Å². The molecule has 1 aromatic rings. The van der Waals surface area contributed by atoms with Gasteiger partial charge in [-0.25, -0.2) is 0 Å². The van der Waals surface area contributed by atoms with Gasteiger partial charge in [-0.1, -0.05) is 0 Å². The molecule has 0 unspecified atom stereocenters. The van der Waals surface area contributed by atoms with Crippen LogP contribution in [0.2, 0.25) is 0 Å². The minimum atomic E-state index is -0.386. The lowest BCUT2D eigenvalue weighted by Gasteiger charge is -2.44. The molecule has 0 saturated carbocycles. The number of thiocarbonyl (C=S) groups is 1. The average Bonchev–Trinajstić information content (AvgIpc) is 3.04. The van der Waals surface area contributed by atoms with E-state index in [-0.39, 0.29) is 12.6 Å². The van der Waals surface area contributed by atoms with Gasteiger partial charge in [0.2, 0.25) is 6.79 Å². The second-order valence-electron chi connectivity index (χ2n) is 5.95. The van der Waals surface area contributed by atoms with Crippen LogP contribution in [-0.4, -0.2) is 48.9 Å². The zero-order valence-corrected chi connectivity index (χ0v) is 13.7. The fourth-order valence-corrected chi connectivity index (χ4v) is 3.43. The van der Waals surface area contributed by atoms with Gasteiger partial charge in [0.15, 0.2) is 22.4 Å². The molecule has 6 nitrogen and oxygen atoms in total. The van der Waals surface area contributed by atoms with Crippen LogP contribution in [0, 0.1) is 0 Å². The normalized spacial score (nSPS) is 22.2. The summed E-state index contributed by atoms with van der Waals surface area (Å²) in [6.45, 7) is 3.52. The van der Waals surface area contributed by atoms with Gasteiger partial charge in [-0.2, -0.15) is 0 Å². The van der Waals surface area contributed by atoms with E-state index >= 15 is 0 Å². The van der Waals surface area contributed by atoms with E-state index in [2.05, 4.69) is 10.2 Å². The smallest absolute Gasteiger partial charge is 0.231 e. The van der Waals surface area contributed by atoms with Crippen molar-refractivity contribution in [3.63, 3.8) is 0 Å². The van der Waals surface area contributed by atoms with E-state index in [4.69, 9.17) is 31.2 Å². The minimum Gasteiger partial charge on any atom is -0.454 e. The quantitative estimate of drug-likeness (QED) is 0.790. The summed E-state index contributed by atoms with van der Waals surface area (Å²) in [6.07, 6.45) is 2.67. The Labute approximate surface area is 140 Å². The Hall–Kier alpha value is -1.57. The van der Waals surface area contributed by atoms with Crippen LogP contribution >= 0.6 is 12.2 Å². The van der Waals surface area contributed by atoms with E-state index < -0.39 is 0 Å². The molecule has 0 amide bonds. The molecule has 23 heavy (non-hydrogen) atoms. The molecule has 2 saturated heterocycles.